The summed E-state index contributed by atoms with van der Waals surface area (Å²) in [5.41, 5.74) is 2.92. The van der Waals surface area contributed by atoms with E-state index in [-0.39, 0.29) is 37.7 Å². The average molecular weight is 524 g/mol. The molecule has 0 fully saturated rings. The third-order valence-corrected chi connectivity index (χ3v) is 6.54. The third-order valence-electron chi connectivity index (χ3n) is 5.89. The Balaban J connectivity index is 1.60. The average Bonchev–Trinajstić information content (AvgIpc) is 3.20. The van der Waals surface area contributed by atoms with Crippen LogP contribution in [0.5, 0.6) is 11.5 Å². The van der Waals surface area contributed by atoms with Gasteiger partial charge in [-0.1, -0.05) is 48.9 Å². The summed E-state index contributed by atoms with van der Waals surface area (Å²) < 4.78 is 12.8. The number of rotatable bonds is 12. The first kappa shape index (κ1) is 27.2. The van der Waals surface area contributed by atoms with Gasteiger partial charge in [0.1, 0.15) is 42.6 Å². The van der Waals surface area contributed by atoms with Gasteiger partial charge in [-0.15, -0.1) is 16.7 Å². The van der Waals surface area contributed by atoms with E-state index in [9.17, 15) is 15.3 Å². The van der Waals surface area contributed by atoms with Crippen LogP contribution in [-0.2, 0) is 18.6 Å². The molecule has 0 spiro atoms. The van der Waals surface area contributed by atoms with Gasteiger partial charge < -0.3 is 24.8 Å². The van der Waals surface area contributed by atoms with Gasteiger partial charge in [-0.3, -0.25) is 0 Å². The van der Waals surface area contributed by atoms with E-state index in [4.69, 9.17) is 32.7 Å². The Labute approximate surface area is 215 Å². The third kappa shape index (κ3) is 6.86. The number of aliphatic hydroxyl groups excluding tert-OH is 3. The molecule has 0 aliphatic carbocycles. The highest BCUT2D eigenvalue weighted by atomic mass is 35.5. The van der Waals surface area contributed by atoms with Crippen molar-refractivity contribution in [2.45, 2.75) is 51.5 Å². The predicted octanol–water partition coefficient (Wildman–Crippen LogP) is 3.48. The maximum Gasteiger partial charge on any atom is 0.138 e. The van der Waals surface area contributed by atoms with Gasteiger partial charge in [0, 0.05) is 5.41 Å². The monoisotopic (exact) mass is 523 g/mol. The summed E-state index contributed by atoms with van der Waals surface area (Å²) >= 11 is 12.0. The summed E-state index contributed by atoms with van der Waals surface area (Å²) in [5.74, 6) is 1.22. The van der Waals surface area contributed by atoms with Crippen LogP contribution in [0.3, 0.4) is 0 Å². The zero-order valence-electron chi connectivity index (χ0n) is 20.0. The Morgan fingerprint density at radius 3 is 2.26 bits per heavy atom. The van der Waals surface area contributed by atoms with Crippen molar-refractivity contribution in [2.75, 3.05) is 19.1 Å². The number of ether oxygens (including phenoxy) is 2. The largest absolute Gasteiger partial charge is 0.491 e. The van der Waals surface area contributed by atoms with E-state index in [1.165, 1.54) is 0 Å². The lowest BCUT2D eigenvalue weighted by Crippen LogP contribution is -2.25. The standard InChI is InChI=1S/C25H31Cl2N3O5/c1-16-23(13-31)28-29-30(16)12-20(33)15-34-21-7-4-17(5-8-21)25(2,3)18-6-9-24(22(27)10-18)35-14-19(32)11-26/h4-10,19-20,31-33H,11-15H2,1-3H3/t19-,20-/m1/s1. The van der Waals surface area contributed by atoms with Crippen molar-refractivity contribution < 1.29 is 24.8 Å². The number of aromatic nitrogens is 3. The fourth-order valence-corrected chi connectivity index (χ4v) is 3.86. The first-order valence-corrected chi connectivity index (χ1v) is 12.1. The number of hydrogen-bond donors (Lipinski definition) is 3. The van der Waals surface area contributed by atoms with Crippen molar-refractivity contribution in [3.05, 3.63) is 70.0 Å². The topological polar surface area (TPSA) is 110 Å². The summed E-state index contributed by atoms with van der Waals surface area (Å²) in [6, 6.07) is 13.3. The van der Waals surface area contributed by atoms with Crippen LogP contribution in [0.15, 0.2) is 42.5 Å². The molecule has 8 nitrogen and oxygen atoms in total. The molecule has 0 unspecified atom stereocenters. The van der Waals surface area contributed by atoms with Crippen molar-refractivity contribution in [3.8, 4) is 11.5 Å². The summed E-state index contributed by atoms with van der Waals surface area (Å²) in [5, 5.41) is 37.4. The number of alkyl halides is 1. The van der Waals surface area contributed by atoms with Gasteiger partial charge in [-0.2, -0.15) is 0 Å². The van der Waals surface area contributed by atoms with Crippen LogP contribution >= 0.6 is 23.2 Å². The second-order valence-corrected chi connectivity index (χ2v) is 9.56. The number of nitrogens with zero attached hydrogens (tertiary/aromatic N) is 3. The van der Waals surface area contributed by atoms with Gasteiger partial charge in [0.05, 0.1) is 29.7 Å². The van der Waals surface area contributed by atoms with Crippen LogP contribution in [-0.4, -0.2) is 61.6 Å². The molecule has 3 N–H and O–H groups in total. The van der Waals surface area contributed by atoms with Crippen molar-refractivity contribution in [1.29, 1.82) is 0 Å². The molecule has 0 aliphatic heterocycles. The number of hydrogen-bond acceptors (Lipinski definition) is 7. The zero-order valence-corrected chi connectivity index (χ0v) is 21.5. The van der Waals surface area contributed by atoms with Gasteiger partial charge in [-0.25, -0.2) is 4.68 Å². The van der Waals surface area contributed by atoms with Crippen molar-refractivity contribution >= 4 is 23.2 Å². The van der Waals surface area contributed by atoms with E-state index in [1.807, 2.05) is 36.4 Å². The van der Waals surface area contributed by atoms with Gasteiger partial charge in [-0.05, 0) is 42.3 Å². The number of aliphatic hydroxyl groups is 3. The minimum atomic E-state index is -0.786. The normalized spacial score (nSPS) is 13.5. The number of benzene rings is 2. The van der Waals surface area contributed by atoms with Gasteiger partial charge in [0.25, 0.3) is 0 Å². The molecule has 0 saturated heterocycles. The predicted molar refractivity (Wildman–Crippen MR) is 134 cm³/mol. The quantitative estimate of drug-likeness (QED) is 0.311. The van der Waals surface area contributed by atoms with E-state index >= 15 is 0 Å². The molecule has 0 amide bonds. The highest BCUT2D eigenvalue weighted by molar-refractivity contribution is 6.32. The molecule has 3 aromatic rings. The molecule has 1 aromatic heterocycles. The molecule has 190 valence electrons. The summed E-state index contributed by atoms with van der Waals surface area (Å²) in [6.45, 7) is 6.17. The lowest BCUT2D eigenvalue weighted by molar-refractivity contribution is 0.0882. The van der Waals surface area contributed by atoms with E-state index in [0.717, 1.165) is 11.1 Å². The van der Waals surface area contributed by atoms with Crippen LogP contribution in [0.25, 0.3) is 0 Å². The Kier molecular flexibility index (Phi) is 9.38. The van der Waals surface area contributed by atoms with E-state index in [0.29, 0.717) is 27.9 Å². The molecule has 0 saturated carbocycles. The lowest BCUT2D eigenvalue weighted by Gasteiger charge is -2.27. The fraction of sp³-hybridized carbons (Fsp3) is 0.440. The van der Waals surface area contributed by atoms with E-state index < -0.39 is 12.2 Å². The molecule has 35 heavy (non-hydrogen) atoms. The van der Waals surface area contributed by atoms with E-state index in [2.05, 4.69) is 24.2 Å². The highest BCUT2D eigenvalue weighted by Crippen LogP contribution is 2.36. The smallest absolute Gasteiger partial charge is 0.138 e. The van der Waals surface area contributed by atoms with Crippen molar-refractivity contribution in [2.24, 2.45) is 0 Å². The lowest BCUT2D eigenvalue weighted by atomic mass is 9.78. The SMILES string of the molecule is Cc1c(CO)nnn1C[C@@H](O)COc1ccc(C(C)(C)c2ccc(OC[C@H](O)CCl)c(Cl)c2)cc1. The van der Waals surface area contributed by atoms with Crippen LogP contribution in [0.4, 0.5) is 0 Å². The highest BCUT2D eigenvalue weighted by Gasteiger charge is 2.24. The van der Waals surface area contributed by atoms with Crippen LogP contribution in [0.1, 0.15) is 36.4 Å². The molecular formula is C25H31Cl2N3O5. The Morgan fingerprint density at radius 2 is 1.66 bits per heavy atom. The Hall–Kier alpha value is -2.36. The Bertz CT molecular complexity index is 1100. The second-order valence-electron chi connectivity index (χ2n) is 8.84. The first-order valence-electron chi connectivity index (χ1n) is 11.2. The molecule has 1 heterocycles. The summed E-state index contributed by atoms with van der Waals surface area (Å²) in [6.07, 6.45) is -1.54. The molecule has 2 aromatic carbocycles. The first-order chi connectivity index (χ1) is 16.6. The second kappa shape index (κ2) is 12.1. The van der Waals surface area contributed by atoms with Crippen LogP contribution in [0, 0.1) is 6.92 Å². The van der Waals surface area contributed by atoms with Gasteiger partial charge >= 0.3 is 0 Å². The maximum atomic E-state index is 10.3. The zero-order chi connectivity index (χ0) is 25.6. The fourth-order valence-electron chi connectivity index (χ4n) is 3.53. The van der Waals surface area contributed by atoms with Crippen molar-refractivity contribution in [1.82, 2.24) is 15.0 Å². The molecule has 10 heteroatoms. The summed E-state index contributed by atoms with van der Waals surface area (Å²) in [7, 11) is 0. The molecule has 3 rings (SSSR count). The van der Waals surface area contributed by atoms with Gasteiger partial charge in [0.2, 0.25) is 0 Å². The van der Waals surface area contributed by atoms with Crippen molar-refractivity contribution in [3.63, 3.8) is 0 Å². The van der Waals surface area contributed by atoms with Crippen LogP contribution in [0.2, 0.25) is 5.02 Å². The maximum absolute atomic E-state index is 10.3. The van der Waals surface area contributed by atoms with Gasteiger partial charge in [0.15, 0.2) is 0 Å². The molecular weight excluding hydrogens is 493 g/mol. The summed E-state index contributed by atoms with van der Waals surface area (Å²) in [4.78, 5) is 0. The number of halogens is 2. The van der Waals surface area contributed by atoms with Crippen LogP contribution < -0.4 is 9.47 Å². The molecule has 0 radical (unpaired) electrons. The minimum absolute atomic E-state index is 0.0737. The molecule has 0 aliphatic rings. The minimum Gasteiger partial charge on any atom is -0.491 e. The van der Waals surface area contributed by atoms with E-state index in [1.54, 1.807) is 17.7 Å². The Morgan fingerprint density at radius 1 is 1.00 bits per heavy atom. The molecule has 2 atom stereocenters. The molecule has 0 bridgehead atoms.